The second kappa shape index (κ2) is 8.29. The first-order valence-corrected chi connectivity index (χ1v) is 11.4. The van der Waals surface area contributed by atoms with Crippen LogP contribution in [0.1, 0.15) is 40.0 Å². The number of sulfonamides is 1. The molecule has 6 nitrogen and oxygen atoms in total. The molecule has 1 aromatic carbocycles. The van der Waals surface area contributed by atoms with E-state index in [1.165, 1.54) is 10.7 Å². The molecule has 2 aliphatic rings. The molecule has 0 bridgehead atoms. The van der Waals surface area contributed by atoms with Crippen molar-refractivity contribution in [2.75, 3.05) is 26.2 Å². The van der Waals surface area contributed by atoms with E-state index in [9.17, 15) is 13.2 Å². The van der Waals surface area contributed by atoms with Gasteiger partial charge in [-0.3, -0.25) is 9.69 Å². The van der Waals surface area contributed by atoms with Crippen LogP contribution >= 0.6 is 0 Å². The van der Waals surface area contributed by atoms with Crippen LogP contribution in [0.15, 0.2) is 35.2 Å². The highest BCUT2D eigenvalue weighted by Gasteiger charge is 2.36. The molecule has 0 saturated carbocycles. The topological polar surface area (TPSA) is 60.9 Å². The third kappa shape index (κ3) is 4.20. The van der Waals surface area contributed by atoms with E-state index in [4.69, 9.17) is 0 Å². The fourth-order valence-corrected chi connectivity index (χ4v) is 5.74. The maximum absolute atomic E-state index is 13.1. The number of carbonyl (C=O) groups is 1. The molecule has 0 N–H and O–H groups in total. The Hall–Kier alpha value is -1.44. The Morgan fingerprint density at radius 3 is 2.11 bits per heavy atom. The molecule has 27 heavy (non-hydrogen) atoms. The number of piperidine rings is 1. The van der Waals surface area contributed by atoms with Gasteiger partial charge >= 0.3 is 0 Å². The van der Waals surface area contributed by atoms with Crippen molar-refractivity contribution in [3.8, 4) is 0 Å². The number of piperazine rings is 1. The quantitative estimate of drug-likeness (QED) is 0.787. The van der Waals surface area contributed by atoms with Gasteiger partial charge in [-0.15, -0.1) is 0 Å². The van der Waals surface area contributed by atoms with E-state index in [1.54, 1.807) is 24.3 Å². The summed E-state index contributed by atoms with van der Waals surface area (Å²) in [5.74, 6) is 0.175. The third-order valence-corrected chi connectivity index (χ3v) is 7.92. The maximum atomic E-state index is 13.1. The van der Waals surface area contributed by atoms with Crippen LogP contribution in [0, 0.1) is 0 Å². The average Bonchev–Trinajstić information content (AvgIpc) is 2.68. The zero-order chi connectivity index (χ0) is 19.6. The minimum absolute atomic E-state index is 0.175. The number of hydrogen-bond donors (Lipinski definition) is 0. The normalized spacial score (nSPS) is 26.7. The lowest BCUT2D eigenvalue weighted by molar-refractivity contribution is -0.143. The summed E-state index contributed by atoms with van der Waals surface area (Å²) in [6, 6.07) is 8.91. The van der Waals surface area contributed by atoms with Crippen molar-refractivity contribution in [2.45, 2.75) is 63.1 Å². The first kappa shape index (κ1) is 20.3. The second-order valence-electron chi connectivity index (χ2n) is 7.80. The van der Waals surface area contributed by atoms with Gasteiger partial charge in [0.15, 0.2) is 0 Å². The van der Waals surface area contributed by atoms with Gasteiger partial charge in [-0.2, -0.15) is 4.31 Å². The molecule has 1 amide bonds. The zero-order valence-corrected chi connectivity index (χ0v) is 17.4. The van der Waals surface area contributed by atoms with Gasteiger partial charge in [0, 0.05) is 38.3 Å². The number of likely N-dealkylation sites (tertiary alicyclic amines) is 1. The molecule has 0 radical (unpaired) electrons. The van der Waals surface area contributed by atoms with Crippen molar-refractivity contribution >= 4 is 15.9 Å². The fraction of sp³-hybridized carbons (Fsp3) is 0.650. The highest BCUT2D eigenvalue weighted by atomic mass is 32.2. The number of hydrogen-bond acceptors (Lipinski definition) is 4. The maximum Gasteiger partial charge on any atom is 0.243 e. The van der Waals surface area contributed by atoms with E-state index < -0.39 is 10.0 Å². The minimum Gasteiger partial charge on any atom is -0.336 e. The molecule has 3 rings (SSSR count). The van der Waals surface area contributed by atoms with Crippen LogP contribution in [0.3, 0.4) is 0 Å². The summed E-state index contributed by atoms with van der Waals surface area (Å²) in [4.78, 5) is 17.6. The predicted octanol–water partition coefficient (Wildman–Crippen LogP) is 2.17. The molecule has 2 heterocycles. The van der Waals surface area contributed by atoms with Gasteiger partial charge < -0.3 is 4.90 Å². The minimum atomic E-state index is -3.46. The summed E-state index contributed by atoms with van der Waals surface area (Å²) in [7, 11) is -3.46. The van der Waals surface area contributed by atoms with Gasteiger partial charge in [-0.1, -0.05) is 18.2 Å². The van der Waals surface area contributed by atoms with E-state index in [1.807, 2.05) is 17.9 Å². The van der Waals surface area contributed by atoms with Crippen molar-refractivity contribution in [3.63, 3.8) is 0 Å². The van der Waals surface area contributed by atoms with Crippen molar-refractivity contribution in [2.24, 2.45) is 0 Å². The summed E-state index contributed by atoms with van der Waals surface area (Å²) in [6.45, 7) is 8.21. The second-order valence-corrected chi connectivity index (χ2v) is 9.74. The molecule has 3 atom stereocenters. The molecule has 2 saturated heterocycles. The van der Waals surface area contributed by atoms with Crippen LogP contribution in [0.5, 0.6) is 0 Å². The van der Waals surface area contributed by atoms with Crippen LogP contribution in [0.4, 0.5) is 0 Å². The number of rotatable bonds is 4. The molecule has 0 unspecified atom stereocenters. The third-order valence-electron chi connectivity index (χ3n) is 6.01. The van der Waals surface area contributed by atoms with Crippen molar-refractivity contribution in [3.05, 3.63) is 30.3 Å². The molecule has 0 aromatic heterocycles. The summed E-state index contributed by atoms with van der Waals surface area (Å²) in [6.07, 6.45) is 3.30. The largest absolute Gasteiger partial charge is 0.336 e. The smallest absolute Gasteiger partial charge is 0.243 e. The zero-order valence-electron chi connectivity index (χ0n) is 16.5. The summed E-state index contributed by atoms with van der Waals surface area (Å²) in [5.41, 5.74) is 0. The number of amides is 1. The van der Waals surface area contributed by atoms with Gasteiger partial charge in [0.2, 0.25) is 15.9 Å². The first-order valence-electron chi connectivity index (χ1n) is 9.94. The fourth-order valence-electron chi connectivity index (χ4n) is 4.30. The van der Waals surface area contributed by atoms with E-state index >= 15 is 0 Å². The lowest BCUT2D eigenvalue weighted by Crippen LogP contribution is -2.58. The number of carbonyl (C=O) groups excluding carboxylic acids is 1. The van der Waals surface area contributed by atoms with Crippen molar-refractivity contribution in [1.82, 2.24) is 14.1 Å². The van der Waals surface area contributed by atoms with Gasteiger partial charge in [-0.05, 0) is 52.2 Å². The van der Waals surface area contributed by atoms with Gasteiger partial charge in [-0.25, -0.2) is 8.42 Å². The summed E-state index contributed by atoms with van der Waals surface area (Å²) < 4.78 is 27.1. The molecule has 0 aliphatic carbocycles. The first-order chi connectivity index (χ1) is 12.8. The summed E-state index contributed by atoms with van der Waals surface area (Å²) >= 11 is 0. The van der Waals surface area contributed by atoms with E-state index in [-0.39, 0.29) is 24.0 Å². The van der Waals surface area contributed by atoms with Gasteiger partial charge in [0.1, 0.15) is 0 Å². The number of benzene rings is 1. The van der Waals surface area contributed by atoms with E-state index in [2.05, 4.69) is 18.7 Å². The van der Waals surface area contributed by atoms with Gasteiger partial charge in [0.25, 0.3) is 0 Å². The van der Waals surface area contributed by atoms with Crippen LogP contribution in [-0.2, 0) is 14.8 Å². The van der Waals surface area contributed by atoms with Gasteiger partial charge in [0.05, 0.1) is 10.9 Å². The Morgan fingerprint density at radius 1 is 1.00 bits per heavy atom. The van der Waals surface area contributed by atoms with E-state index in [0.717, 1.165) is 12.8 Å². The molecule has 0 spiro atoms. The average molecular weight is 394 g/mol. The Balaban J connectivity index is 1.62. The van der Waals surface area contributed by atoms with Crippen LogP contribution < -0.4 is 0 Å². The molecular formula is C20H31N3O3S. The lowest BCUT2D eigenvalue weighted by atomic mass is 9.96. The Labute approximate surface area is 163 Å². The lowest BCUT2D eigenvalue weighted by Gasteiger charge is -2.43. The van der Waals surface area contributed by atoms with Crippen LogP contribution in [-0.4, -0.2) is 72.7 Å². The number of nitrogens with zero attached hydrogens (tertiary/aromatic N) is 3. The Kier molecular flexibility index (Phi) is 6.23. The highest BCUT2D eigenvalue weighted by Crippen LogP contribution is 2.25. The van der Waals surface area contributed by atoms with E-state index in [0.29, 0.717) is 31.1 Å². The molecule has 150 valence electrons. The van der Waals surface area contributed by atoms with Crippen LogP contribution in [0.25, 0.3) is 0 Å². The molecule has 2 aliphatic heterocycles. The highest BCUT2D eigenvalue weighted by molar-refractivity contribution is 7.89. The standard InChI is InChI=1S/C20H31N3O3S/c1-16-8-7-9-17(2)23(16)20(24)18(3)21-12-14-22(15-13-21)27(25,26)19-10-5-4-6-11-19/h4-6,10-11,16-18H,7-9,12-15H2,1-3H3/t16-,17-,18-/m1/s1. The Bertz CT molecular complexity index is 735. The molecule has 1 aromatic rings. The molecule has 2 fully saturated rings. The monoisotopic (exact) mass is 393 g/mol. The molecular weight excluding hydrogens is 362 g/mol. The van der Waals surface area contributed by atoms with Crippen molar-refractivity contribution in [1.29, 1.82) is 0 Å². The summed E-state index contributed by atoms with van der Waals surface area (Å²) in [5, 5.41) is 0. The SMILES string of the molecule is C[C@H](C(=O)N1[C@H](C)CCC[C@H]1C)N1CCN(S(=O)(=O)c2ccccc2)CC1. The van der Waals surface area contributed by atoms with Crippen LogP contribution in [0.2, 0.25) is 0 Å². The Morgan fingerprint density at radius 2 is 1.56 bits per heavy atom. The molecule has 7 heteroatoms. The van der Waals surface area contributed by atoms with Crippen molar-refractivity contribution < 1.29 is 13.2 Å². The predicted molar refractivity (Wildman–Crippen MR) is 106 cm³/mol.